The number of imidazole rings is 1. The number of hydrogen-bond donors (Lipinski definition) is 1. The lowest BCUT2D eigenvalue weighted by molar-refractivity contribution is -0.141. The summed E-state index contributed by atoms with van der Waals surface area (Å²) < 4.78 is 27.0. The third-order valence-corrected chi connectivity index (χ3v) is 8.71. The first-order valence-corrected chi connectivity index (χ1v) is 16.2. The molecule has 47 heavy (non-hydrogen) atoms. The molecular weight excluding hydrogens is 601 g/mol. The van der Waals surface area contributed by atoms with Gasteiger partial charge in [-0.15, -0.1) is 0 Å². The summed E-state index contributed by atoms with van der Waals surface area (Å²) in [6.07, 6.45) is 4.49. The number of nitrogens with zero attached hydrogens (tertiary/aromatic N) is 4. The van der Waals surface area contributed by atoms with Crippen LogP contribution < -0.4 is 14.8 Å². The first-order valence-electron chi connectivity index (χ1n) is 16.2. The molecule has 4 rings (SSSR count). The second-order valence-corrected chi connectivity index (χ2v) is 13.5. The molecule has 2 heterocycles. The van der Waals surface area contributed by atoms with E-state index in [-0.39, 0.29) is 48.7 Å². The predicted molar refractivity (Wildman–Crippen MR) is 178 cm³/mol. The standard InChI is InChI=1S/C36H48FN5O5/c1-8-24(2)33(43)39-32(36(3,4)5)35(45)42-21-30(47-29-15-13-28(46-7)14-16-29)19-27(42)20-41(34(44)31-22-40(6)23-38-31)18-17-25-9-11-26(37)12-10-25/h9-16,22-24,27,30,32H,8,17-21H2,1-7H3,(H,39,43)/t24-,27+,30+,32-/m1/s1. The van der Waals surface area contributed by atoms with E-state index in [2.05, 4.69) is 10.3 Å². The Morgan fingerprint density at radius 3 is 2.32 bits per heavy atom. The smallest absolute Gasteiger partial charge is 0.274 e. The van der Waals surface area contributed by atoms with Crippen molar-refractivity contribution >= 4 is 17.7 Å². The zero-order valence-corrected chi connectivity index (χ0v) is 28.5. The molecule has 1 N–H and O–H groups in total. The van der Waals surface area contributed by atoms with Crippen molar-refractivity contribution in [2.75, 3.05) is 26.7 Å². The van der Waals surface area contributed by atoms with Crippen LogP contribution in [0.1, 0.15) is 63.5 Å². The van der Waals surface area contributed by atoms with Gasteiger partial charge in [-0.2, -0.15) is 0 Å². The van der Waals surface area contributed by atoms with Crippen molar-refractivity contribution in [1.82, 2.24) is 24.7 Å². The molecule has 254 valence electrons. The summed E-state index contributed by atoms with van der Waals surface area (Å²) in [4.78, 5) is 49.1. The molecule has 4 atom stereocenters. The van der Waals surface area contributed by atoms with Crippen LogP contribution in [0.25, 0.3) is 0 Å². The average Bonchev–Trinajstić information content (AvgIpc) is 3.66. The Labute approximate surface area is 277 Å². The van der Waals surface area contributed by atoms with Gasteiger partial charge in [0, 0.05) is 38.7 Å². The van der Waals surface area contributed by atoms with E-state index < -0.39 is 17.5 Å². The van der Waals surface area contributed by atoms with Gasteiger partial charge in [0.05, 0.1) is 26.0 Å². The Morgan fingerprint density at radius 2 is 1.74 bits per heavy atom. The molecular formula is C36H48FN5O5. The molecule has 1 saturated heterocycles. The van der Waals surface area contributed by atoms with E-state index in [1.54, 1.807) is 53.2 Å². The summed E-state index contributed by atoms with van der Waals surface area (Å²) in [6, 6.07) is 12.3. The van der Waals surface area contributed by atoms with Crippen LogP contribution in [0.15, 0.2) is 61.1 Å². The number of nitrogens with one attached hydrogen (secondary N) is 1. The molecule has 0 unspecified atom stereocenters. The normalized spacial score (nSPS) is 17.6. The van der Waals surface area contributed by atoms with Crippen LogP contribution in [0.4, 0.5) is 4.39 Å². The number of likely N-dealkylation sites (tertiary alicyclic amines) is 1. The number of carbonyl (C=O) groups excluding carboxylic acids is 3. The molecule has 0 spiro atoms. The molecule has 0 bridgehead atoms. The molecule has 1 aliphatic rings. The minimum Gasteiger partial charge on any atom is -0.497 e. The number of ether oxygens (including phenoxy) is 2. The third-order valence-electron chi connectivity index (χ3n) is 8.71. The number of benzene rings is 2. The summed E-state index contributed by atoms with van der Waals surface area (Å²) in [7, 11) is 3.39. The van der Waals surface area contributed by atoms with Crippen LogP contribution in [0.3, 0.4) is 0 Å². The fourth-order valence-corrected chi connectivity index (χ4v) is 5.66. The number of carbonyl (C=O) groups is 3. The van der Waals surface area contributed by atoms with Gasteiger partial charge >= 0.3 is 0 Å². The Bertz CT molecular complexity index is 1500. The Morgan fingerprint density at radius 1 is 1.09 bits per heavy atom. The van der Waals surface area contributed by atoms with Gasteiger partial charge in [0.2, 0.25) is 11.8 Å². The topological polar surface area (TPSA) is 106 Å². The molecule has 1 fully saturated rings. The minimum absolute atomic E-state index is 0.172. The highest BCUT2D eigenvalue weighted by Gasteiger charge is 2.44. The molecule has 1 aliphatic heterocycles. The Hall–Kier alpha value is -4.41. The number of aromatic nitrogens is 2. The first-order chi connectivity index (χ1) is 22.3. The molecule has 0 radical (unpaired) electrons. The summed E-state index contributed by atoms with van der Waals surface area (Å²) in [5.74, 6) is 0.111. The maximum atomic E-state index is 14.5. The molecule has 10 nitrogen and oxygen atoms in total. The lowest BCUT2D eigenvalue weighted by atomic mass is 9.85. The van der Waals surface area contributed by atoms with Gasteiger partial charge in [-0.25, -0.2) is 9.37 Å². The average molecular weight is 650 g/mol. The van der Waals surface area contributed by atoms with Gasteiger partial charge in [-0.1, -0.05) is 46.8 Å². The van der Waals surface area contributed by atoms with Crippen LogP contribution in [0.2, 0.25) is 0 Å². The van der Waals surface area contributed by atoms with Crippen LogP contribution in [0.5, 0.6) is 11.5 Å². The highest BCUT2D eigenvalue weighted by Crippen LogP contribution is 2.30. The number of rotatable bonds is 13. The zero-order valence-electron chi connectivity index (χ0n) is 28.5. The molecule has 3 amide bonds. The number of halogens is 1. The van der Waals surface area contributed by atoms with Crippen molar-refractivity contribution < 1.29 is 28.2 Å². The lowest BCUT2D eigenvalue weighted by Gasteiger charge is -2.37. The van der Waals surface area contributed by atoms with Crippen LogP contribution in [-0.2, 0) is 23.1 Å². The van der Waals surface area contributed by atoms with Crippen molar-refractivity contribution in [3.05, 3.63) is 78.1 Å². The zero-order chi connectivity index (χ0) is 34.3. The predicted octanol–water partition coefficient (Wildman–Crippen LogP) is 4.88. The second-order valence-electron chi connectivity index (χ2n) is 13.5. The van der Waals surface area contributed by atoms with E-state index in [1.165, 1.54) is 12.1 Å². The van der Waals surface area contributed by atoms with Crippen LogP contribution >= 0.6 is 0 Å². The molecule has 0 saturated carbocycles. The molecule has 0 aliphatic carbocycles. The number of methoxy groups -OCH3 is 1. The van der Waals surface area contributed by atoms with Gasteiger partial charge in [0.25, 0.3) is 5.91 Å². The fourth-order valence-electron chi connectivity index (χ4n) is 5.66. The van der Waals surface area contributed by atoms with E-state index in [1.807, 2.05) is 58.9 Å². The van der Waals surface area contributed by atoms with Crippen molar-refractivity contribution in [3.63, 3.8) is 0 Å². The van der Waals surface area contributed by atoms with Gasteiger partial charge in [0.15, 0.2) is 0 Å². The van der Waals surface area contributed by atoms with Crippen LogP contribution in [0, 0.1) is 17.2 Å². The SMILES string of the molecule is CC[C@@H](C)C(=O)N[C@H](C(=O)N1C[C@@H](Oc2ccc(OC)cc2)C[C@H]1CN(CCc1ccc(F)cc1)C(=O)c1cn(C)cn1)C(C)(C)C. The maximum Gasteiger partial charge on any atom is 0.274 e. The lowest BCUT2D eigenvalue weighted by Crippen LogP contribution is -2.58. The molecule has 11 heteroatoms. The van der Waals surface area contributed by atoms with Crippen molar-refractivity contribution in [2.45, 2.75) is 72.1 Å². The van der Waals surface area contributed by atoms with E-state index in [4.69, 9.17) is 9.47 Å². The van der Waals surface area contributed by atoms with Crippen LogP contribution in [-0.4, -0.2) is 82.0 Å². The largest absolute Gasteiger partial charge is 0.497 e. The van der Waals surface area contributed by atoms with E-state index >= 15 is 0 Å². The third kappa shape index (κ3) is 9.33. The summed E-state index contributed by atoms with van der Waals surface area (Å²) in [5, 5.41) is 3.03. The summed E-state index contributed by atoms with van der Waals surface area (Å²) in [5.41, 5.74) is 0.596. The number of amides is 3. The highest BCUT2D eigenvalue weighted by molar-refractivity contribution is 5.92. The second kappa shape index (κ2) is 15.5. The fraction of sp³-hybridized carbons (Fsp3) is 0.500. The minimum atomic E-state index is -0.787. The molecule has 3 aromatic rings. The van der Waals surface area contributed by atoms with Crippen molar-refractivity contribution in [3.8, 4) is 11.5 Å². The van der Waals surface area contributed by atoms with Gasteiger partial charge in [0.1, 0.15) is 35.2 Å². The van der Waals surface area contributed by atoms with E-state index in [0.717, 1.165) is 5.56 Å². The number of aryl methyl sites for hydroxylation is 1. The monoisotopic (exact) mass is 649 g/mol. The van der Waals surface area contributed by atoms with Gasteiger partial charge < -0.3 is 29.2 Å². The van der Waals surface area contributed by atoms with Gasteiger partial charge in [-0.05, 0) is 60.2 Å². The van der Waals surface area contributed by atoms with Gasteiger partial charge in [-0.3, -0.25) is 14.4 Å². The number of hydrogen-bond acceptors (Lipinski definition) is 6. The maximum absolute atomic E-state index is 14.5. The Kier molecular flexibility index (Phi) is 11.7. The Balaban J connectivity index is 1.64. The summed E-state index contributed by atoms with van der Waals surface area (Å²) in [6.45, 7) is 10.4. The first kappa shape index (κ1) is 35.4. The molecule has 2 aromatic carbocycles. The van der Waals surface area contributed by atoms with Crippen molar-refractivity contribution in [2.24, 2.45) is 18.4 Å². The summed E-state index contributed by atoms with van der Waals surface area (Å²) >= 11 is 0. The van der Waals surface area contributed by atoms with Crippen molar-refractivity contribution in [1.29, 1.82) is 0 Å². The molecule has 1 aromatic heterocycles. The van der Waals surface area contributed by atoms with E-state index in [9.17, 15) is 18.8 Å². The van der Waals surface area contributed by atoms with E-state index in [0.29, 0.717) is 43.0 Å². The quantitative estimate of drug-likeness (QED) is 0.283. The highest BCUT2D eigenvalue weighted by atomic mass is 19.1.